The number of nitrogens with one attached hydrogen (secondary N) is 2. The first kappa shape index (κ1) is 22.0. The summed E-state index contributed by atoms with van der Waals surface area (Å²) in [6.07, 6.45) is 0. The predicted molar refractivity (Wildman–Crippen MR) is 118 cm³/mol. The molecule has 164 valence electrons. The van der Waals surface area contributed by atoms with Crippen LogP contribution in [0.1, 0.15) is 24.5 Å². The molecule has 0 radical (unpaired) electrons. The number of furan rings is 1. The molecule has 2 aromatic rings. The summed E-state index contributed by atoms with van der Waals surface area (Å²) in [5.74, 6) is 3.92. The number of methoxy groups -OCH3 is 1. The van der Waals surface area contributed by atoms with E-state index in [0.717, 1.165) is 43.5 Å². The first-order valence-corrected chi connectivity index (χ1v) is 10.3. The molecule has 0 amide bonds. The van der Waals surface area contributed by atoms with E-state index >= 15 is 0 Å². The van der Waals surface area contributed by atoms with Crippen molar-refractivity contribution >= 4 is 11.6 Å². The fourth-order valence-electron chi connectivity index (χ4n) is 3.46. The zero-order valence-corrected chi connectivity index (χ0v) is 18.2. The number of benzene rings is 1. The van der Waals surface area contributed by atoms with Gasteiger partial charge in [0.15, 0.2) is 17.5 Å². The molecule has 1 unspecified atom stereocenters. The Morgan fingerprint density at radius 1 is 1.20 bits per heavy atom. The average molecular weight is 417 g/mol. The topological polar surface area (TPSA) is 80.5 Å². The highest BCUT2D eigenvalue weighted by atomic mass is 16.5. The summed E-state index contributed by atoms with van der Waals surface area (Å²) in [4.78, 5) is 6.74. The second-order valence-corrected chi connectivity index (χ2v) is 6.99. The van der Waals surface area contributed by atoms with Crippen LogP contribution >= 0.6 is 0 Å². The Kier molecular flexibility index (Phi) is 7.98. The molecule has 1 aromatic carbocycles. The minimum Gasteiger partial charge on any atom is -0.493 e. The van der Waals surface area contributed by atoms with Crippen LogP contribution in [0.15, 0.2) is 39.7 Å². The Labute approximate surface area is 178 Å². The van der Waals surface area contributed by atoms with Gasteiger partial charge in [-0.15, -0.1) is 0 Å². The first-order chi connectivity index (χ1) is 14.6. The SMILES string of the molecule is CCOc1cc(NC(=NC)NCC(c2ccc(C)o2)N2CCOCC2)ccc1OC. The third-order valence-electron chi connectivity index (χ3n) is 4.99. The van der Waals surface area contributed by atoms with Crippen molar-refractivity contribution in [1.82, 2.24) is 10.2 Å². The second-order valence-electron chi connectivity index (χ2n) is 6.99. The minimum absolute atomic E-state index is 0.0935. The van der Waals surface area contributed by atoms with Gasteiger partial charge >= 0.3 is 0 Å². The van der Waals surface area contributed by atoms with Gasteiger partial charge in [0.05, 0.1) is 33.0 Å². The standard InChI is InChI=1S/C22H32N4O4/c1-5-29-21-14-17(7-9-20(21)27-4)25-22(23-3)24-15-18(19-8-6-16(2)30-19)26-10-12-28-13-11-26/h6-9,14,18H,5,10-13,15H2,1-4H3,(H2,23,24,25). The van der Waals surface area contributed by atoms with E-state index in [-0.39, 0.29) is 6.04 Å². The van der Waals surface area contributed by atoms with Gasteiger partial charge < -0.3 is 29.3 Å². The summed E-state index contributed by atoms with van der Waals surface area (Å²) in [7, 11) is 3.39. The lowest BCUT2D eigenvalue weighted by Crippen LogP contribution is -2.44. The van der Waals surface area contributed by atoms with Crippen LogP contribution in [0.2, 0.25) is 0 Å². The lowest BCUT2D eigenvalue weighted by molar-refractivity contribution is 0.0125. The molecule has 3 rings (SSSR count). The molecule has 1 aromatic heterocycles. The smallest absolute Gasteiger partial charge is 0.195 e. The van der Waals surface area contributed by atoms with Crippen LogP contribution in [0, 0.1) is 6.92 Å². The summed E-state index contributed by atoms with van der Waals surface area (Å²) in [5.41, 5.74) is 0.865. The Balaban J connectivity index is 1.68. The highest BCUT2D eigenvalue weighted by Crippen LogP contribution is 2.30. The molecule has 0 aliphatic carbocycles. The predicted octanol–water partition coefficient (Wildman–Crippen LogP) is 3.06. The monoisotopic (exact) mass is 416 g/mol. The molecule has 1 saturated heterocycles. The van der Waals surface area contributed by atoms with E-state index in [4.69, 9.17) is 18.6 Å². The van der Waals surface area contributed by atoms with Crippen LogP contribution < -0.4 is 20.1 Å². The van der Waals surface area contributed by atoms with Crippen LogP contribution in [-0.2, 0) is 4.74 Å². The lowest BCUT2D eigenvalue weighted by Gasteiger charge is -2.33. The molecule has 2 heterocycles. The van der Waals surface area contributed by atoms with Gasteiger partial charge in [-0.1, -0.05) is 0 Å². The normalized spacial score (nSPS) is 16.2. The van der Waals surface area contributed by atoms with Crippen LogP contribution in [0.25, 0.3) is 0 Å². The Hall–Kier alpha value is -2.71. The van der Waals surface area contributed by atoms with Crippen molar-refractivity contribution in [2.75, 3.05) is 58.9 Å². The fraction of sp³-hybridized carbons (Fsp3) is 0.500. The molecule has 0 bridgehead atoms. The van der Waals surface area contributed by atoms with Crippen LogP contribution in [0.5, 0.6) is 11.5 Å². The van der Waals surface area contributed by atoms with Crippen LogP contribution in [0.4, 0.5) is 5.69 Å². The third-order valence-corrected chi connectivity index (χ3v) is 4.99. The number of hydrogen-bond donors (Lipinski definition) is 2. The summed E-state index contributed by atoms with van der Waals surface area (Å²) in [6.45, 7) is 8.33. The van der Waals surface area contributed by atoms with E-state index in [1.54, 1.807) is 14.2 Å². The van der Waals surface area contributed by atoms with Crippen molar-refractivity contribution in [3.63, 3.8) is 0 Å². The summed E-state index contributed by atoms with van der Waals surface area (Å²) < 4.78 is 22.5. The molecule has 0 spiro atoms. The number of ether oxygens (including phenoxy) is 3. The zero-order chi connectivity index (χ0) is 21.3. The highest BCUT2D eigenvalue weighted by molar-refractivity contribution is 5.93. The number of guanidine groups is 1. The van der Waals surface area contributed by atoms with Gasteiger partial charge in [-0.3, -0.25) is 9.89 Å². The molecule has 1 atom stereocenters. The van der Waals surface area contributed by atoms with Gasteiger partial charge in [0.2, 0.25) is 0 Å². The fourth-order valence-corrected chi connectivity index (χ4v) is 3.46. The van der Waals surface area contributed by atoms with Gasteiger partial charge in [0.25, 0.3) is 0 Å². The molecule has 1 aliphatic heterocycles. The lowest BCUT2D eigenvalue weighted by atomic mass is 10.1. The highest BCUT2D eigenvalue weighted by Gasteiger charge is 2.25. The van der Waals surface area contributed by atoms with Crippen molar-refractivity contribution in [1.29, 1.82) is 0 Å². The van der Waals surface area contributed by atoms with Gasteiger partial charge in [-0.2, -0.15) is 0 Å². The molecule has 1 aliphatic rings. The van der Waals surface area contributed by atoms with Crippen molar-refractivity contribution in [2.24, 2.45) is 4.99 Å². The Bertz CT molecular complexity index is 830. The summed E-state index contributed by atoms with van der Waals surface area (Å²) >= 11 is 0. The van der Waals surface area contributed by atoms with E-state index in [1.165, 1.54) is 0 Å². The number of rotatable bonds is 8. The largest absolute Gasteiger partial charge is 0.493 e. The van der Waals surface area contributed by atoms with E-state index < -0.39 is 0 Å². The van der Waals surface area contributed by atoms with Gasteiger partial charge in [0, 0.05) is 38.4 Å². The Morgan fingerprint density at radius 3 is 2.63 bits per heavy atom. The van der Waals surface area contributed by atoms with E-state index in [1.807, 2.05) is 44.2 Å². The number of anilines is 1. The number of aliphatic imine (C=N–C) groups is 1. The second kappa shape index (κ2) is 10.9. The van der Waals surface area contributed by atoms with Crippen LogP contribution in [0.3, 0.4) is 0 Å². The number of morpholine rings is 1. The van der Waals surface area contributed by atoms with Gasteiger partial charge in [-0.05, 0) is 38.1 Å². The Morgan fingerprint density at radius 2 is 2.00 bits per heavy atom. The van der Waals surface area contributed by atoms with Crippen LogP contribution in [-0.4, -0.2) is 64.5 Å². The molecule has 8 heteroatoms. The first-order valence-electron chi connectivity index (χ1n) is 10.3. The van der Waals surface area contributed by atoms with Crippen molar-refractivity contribution in [3.8, 4) is 11.5 Å². The molecule has 8 nitrogen and oxygen atoms in total. The quantitative estimate of drug-likeness (QED) is 0.506. The van der Waals surface area contributed by atoms with E-state index in [0.29, 0.717) is 30.6 Å². The molecular formula is C22H32N4O4. The summed E-state index contributed by atoms with van der Waals surface area (Å²) in [5, 5.41) is 6.75. The van der Waals surface area contributed by atoms with E-state index in [9.17, 15) is 0 Å². The van der Waals surface area contributed by atoms with Gasteiger partial charge in [-0.25, -0.2) is 0 Å². The number of nitrogens with zero attached hydrogens (tertiary/aromatic N) is 2. The maximum atomic E-state index is 5.94. The molecule has 1 fully saturated rings. The number of aryl methyl sites for hydroxylation is 1. The zero-order valence-electron chi connectivity index (χ0n) is 18.2. The molecule has 0 saturated carbocycles. The van der Waals surface area contributed by atoms with Crippen molar-refractivity contribution < 1.29 is 18.6 Å². The van der Waals surface area contributed by atoms with E-state index in [2.05, 4.69) is 20.5 Å². The molecular weight excluding hydrogens is 384 g/mol. The third kappa shape index (κ3) is 5.67. The number of hydrogen-bond acceptors (Lipinski definition) is 6. The maximum absolute atomic E-state index is 5.94. The average Bonchev–Trinajstić information content (AvgIpc) is 3.20. The maximum Gasteiger partial charge on any atom is 0.195 e. The summed E-state index contributed by atoms with van der Waals surface area (Å²) in [6, 6.07) is 9.86. The van der Waals surface area contributed by atoms with Gasteiger partial charge in [0.1, 0.15) is 11.5 Å². The molecule has 2 N–H and O–H groups in total. The van der Waals surface area contributed by atoms with Crippen molar-refractivity contribution in [2.45, 2.75) is 19.9 Å². The van der Waals surface area contributed by atoms with Crippen molar-refractivity contribution in [3.05, 3.63) is 41.9 Å². The molecule has 30 heavy (non-hydrogen) atoms. The minimum atomic E-state index is 0.0935.